The van der Waals surface area contributed by atoms with E-state index in [0.29, 0.717) is 24.4 Å². The topological polar surface area (TPSA) is 71.2 Å². The number of nitriles is 1. The molecular formula is C19H23N4O+. The number of ether oxygens (including phenoxy) is 1. The van der Waals surface area contributed by atoms with Crippen LogP contribution in [0.15, 0.2) is 24.3 Å². The Balaban J connectivity index is 2.14. The molecule has 124 valence electrons. The van der Waals surface area contributed by atoms with Crippen molar-refractivity contribution >= 4 is 17.3 Å². The number of pyridine rings is 1. The number of aromatic amines is 1. The van der Waals surface area contributed by atoms with Crippen LogP contribution < -0.4 is 15.6 Å². The highest BCUT2D eigenvalue weighted by molar-refractivity contribution is 5.67. The lowest BCUT2D eigenvalue weighted by Gasteiger charge is -2.32. The maximum Gasteiger partial charge on any atom is 0.242 e. The standard InChI is InChI=1S/C19H22N4O/c1-12-7-5-6-8-16(12)22-18-14(10-20)13-9-19(2,3)24-11-15(13)17(21-4)23-18/h5-8H,9,11H2,1-4H3,(H2,21,22,23)/p+1. The Labute approximate surface area is 142 Å². The second-order valence-electron chi connectivity index (χ2n) is 6.73. The lowest BCUT2D eigenvalue weighted by atomic mass is 9.89. The molecule has 1 aliphatic heterocycles. The minimum Gasteiger partial charge on any atom is -0.370 e. The van der Waals surface area contributed by atoms with Gasteiger partial charge in [-0.2, -0.15) is 5.26 Å². The molecule has 0 saturated carbocycles. The van der Waals surface area contributed by atoms with Crippen LogP contribution in [-0.4, -0.2) is 12.6 Å². The second kappa shape index (κ2) is 6.14. The quantitative estimate of drug-likeness (QED) is 0.909. The molecule has 5 heteroatoms. The normalized spacial score (nSPS) is 15.3. The van der Waals surface area contributed by atoms with Crippen LogP contribution in [0.3, 0.4) is 0 Å². The van der Waals surface area contributed by atoms with E-state index in [9.17, 15) is 5.26 Å². The van der Waals surface area contributed by atoms with Gasteiger partial charge in [0.15, 0.2) is 0 Å². The highest BCUT2D eigenvalue weighted by Crippen LogP contribution is 2.35. The predicted octanol–water partition coefficient (Wildman–Crippen LogP) is 3.32. The molecule has 3 rings (SSSR count). The maximum atomic E-state index is 9.78. The maximum absolute atomic E-state index is 9.78. The molecule has 5 nitrogen and oxygen atoms in total. The second-order valence-corrected chi connectivity index (χ2v) is 6.73. The van der Waals surface area contributed by atoms with E-state index in [1.807, 2.05) is 38.2 Å². The summed E-state index contributed by atoms with van der Waals surface area (Å²) in [5.74, 6) is 1.60. The average molecular weight is 323 g/mol. The lowest BCUT2D eigenvalue weighted by molar-refractivity contribution is -0.345. The summed E-state index contributed by atoms with van der Waals surface area (Å²) >= 11 is 0. The first-order chi connectivity index (χ1) is 11.4. The Hall–Kier alpha value is -2.58. The molecule has 0 spiro atoms. The van der Waals surface area contributed by atoms with Gasteiger partial charge in [0, 0.05) is 13.5 Å². The number of hydrogen-bond acceptors (Lipinski definition) is 4. The Bertz CT molecular complexity index is 821. The first-order valence-corrected chi connectivity index (χ1v) is 8.10. The molecule has 0 saturated heterocycles. The fourth-order valence-corrected chi connectivity index (χ4v) is 3.09. The zero-order valence-electron chi connectivity index (χ0n) is 14.6. The van der Waals surface area contributed by atoms with Crippen LogP contribution >= 0.6 is 0 Å². The van der Waals surface area contributed by atoms with Crippen molar-refractivity contribution < 1.29 is 9.72 Å². The molecule has 2 aromatic rings. The first-order valence-electron chi connectivity index (χ1n) is 8.10. The Morgan fingerprint density at radius 2 is 1.96 bits per heavy atom. The average Bonchev–Trinajstić information content (AvgIpc) is 2.55. The van der Waals surface area contributed by atoms with Gasteiger partial charge in [-0.05, 0) is 38.0 Å². The molecule has 1 aromatic heterocycles. The summed E-state index contributed by atoms with van der Waals surface area (Å²) in [6, 6.07) is 10.4. The number of para-hydroxylation sites is 1. The van der Waals surface area contributed by atoms with E-state index in [-0.39, 0.29) is 5.60 Å². The third-order valence-corrected chi connectivity index (χ3v) is 4.44. The van der Waals surface area contributed by atoms with Crippen LogP contribution in [0.5, 0.6) is 0 Å². The molecule has 3 N–H and O–H groups in total. The molecule has 0 radical (unpaired) electrons. The minimum atomic E-state index is -0.273. The first kappa shape index (κ1) is 16.3. The van der Waals surface area contributed by atoms with E-state index in [4.69, 9.17) is 4.74 Å². The smallest absolute Gasteiger partial charge is 0.242 e. The van der Waals surface area contributed by atoms with E-state index < -0.39 is 0 Å². The predicted molar refractivity (Wildman–Crippen MR) is 94.3 cm³/mol. The third kappa shape index (κ3) is 2.93. The van der Waals surface area contributed by atoms with Crippen LogP contribution in [-0.2, 0) is 17.8 Å². The van der Waals surface area contributed by atoms with Crippen LogP contribution in [0.2, 0.25) is 0 Å². The largest absolute Gasteiger partial charge is 0.370 e. The number of H-pyrrole nitrogens is 1. The molecule has 24 heavy (non-hydrogen) atoms. The number of fused-ring (bicyclic) bond motifs is 1. The van der Waals surface area contributed by atoms with Gasteiger partial charge in [0.25, 0.3) is 0 Å². The van der Waals surface area contributed by atoms with Gasteiger partial charge in [-0.3, -0.25) is 5.32 Å². The third-order valence-electron chi connectivity index (χ3n) is 4.44. The summed E-state index contributed by atoms with van der Waals surface area (Å²) in [6.45, 7) is 6.65. The van der Waals surface area contributed by atoms with E-state index in [1.54, 1.807) is 0 Å². The number of rotatable bonds is 3. The van der Waals surface area contributed by atoms with Gasteiger partial charge in [0.1, 0.15) is 11.6 Å². The highest BCUT2D eigenvalue weighted by atomic mass is 16.5. The molecule has 1 aromatic carbocycles. The van der Waals surface area contributed by atoms with Crippen molar-refractivity contribution in [2.75, 3.05) is 17.7 Å². The number of hydrogen-bond donors (Lipinski definition) is 2. The van der Waals surface area contributed by atoms with Gasteiger partial charge in [0.2, 0.25) is 11.6 Å². The van der Waals surface area contributed by atoms with Crippen LogP contribution in [0.25, 0.3) is 0 Å². The summed E-state index contributed by atoms with van der Waals surface area (Å²) in [7, 11) is 1.87. The zero-order valence-corrected chi connectivity index (χ0v) is 14.6. The molecule has 0 bridgehead atoms. The van der Waals surface area contributed by atoms with Gasteiger partial charge in [-0.1, -0.05) is 18.2 Å². The summed E-state index contributed by atoms with van der Waals surface area (Å²) in [4.78, 5) is 3.32. The van der Waals surface area contributed by atoms with Crippen LogP contribution in [0.1, 0.15) is 36.1 Å². The number of anilines is 3. The molecule has 0 atom stereocenters. The molecule has 0 fully saturated rings. The van der Waals surface area contributed by atoms with E-state index in [1.165, 1.54) is 0 Å². The number of aryl methyl sites for hydroxylation is 1. The zero-order chi connectivity index (χ0) is 17.3. The van der Waals surface area contributed by atoms with E-state index >= 15 is 0 Å². The van der Waals surface area contributed by atoms with Gasteiger partial charge in [0.05, 0.1) is 23.5 Å². The summed E-state index contributed by atoms with van der Waals surface area (Å²) in [5.41, 5.74) is 4.58. The Kier molecular flexibility index (Phi) is 4.16. The fraction of sp³-hybridized carbons (Fsp3) is 0.368. The van der Waals surface area contributed by atoms with Crippen molar-refractivity contribution in [2.24, 2.45) is 0 Å². The van der Waals surface area contributed by atoms with Crippen molar-refractivity contribution in [3.63, 3.8) is 0 Å². The van der Waals surface area contributed by atoms with Gasteiger partial charge >= 0.3 is 0 Å². The van der Waals surface area contributed by atoms with E-state index in [2.05, 4.69) is 35.5 Å². The monoisotopic (exact) mass is 323 g/mol. The van der Waals surface area contributed by atoms with Crippen molar-refractivity contribution in [3.8, 4) is 6.07 Å². The highest BCUT2D eigenvalue weighted by Gasteiger charge is 2.33. The molecule has 0 amide bonds. The Morgan fingerprint density at radius 3 is 2.62 bits per heavy atom. The van der Waals surface area contributed by atoms with Crippen molar-refractivity contribution in [1.29, 1.82) is 5.26 Å². The summed E-state index contributed by atoms with van der Waals surface area (Å²) in [5, 5.41) is 16.4. The molecule has 0 unspecified atom stereocenters. The summed E-state index contributed by atoms with van der Waals surface area (Å²) in [6.07, 6.45) is 0.705. The SMILES string of the molecule is CNc1[nH+]c(Nc2ccccc2C)c(C#N)c2c1COC(C)(C)C2. The number of aromatic nitrogens is 1. The van der Waals surface area contributed by atoms with Crippen molar-refractivity contribution in [1.82, 2.24) is 0 Å². The number of nitrogens with zero attached hydrogens (tertiary/aromatic N) is 1. The van der Waals surface area contributed by atoms with Gasteiger partial charge < -0.3 is 10.1 Å². The van der Waals surface area contributed by atoms with Gasteiger partial charge in [-0.25, -0.2) is 4.98 Å². The fourth-order valence-electron chi connectivity index (χ4n) is 3.09. The van der Waals surface area contributed by atoms with Crippen molar-refractivity contribution in [2.45, 2.75) is 39.4 Å². The van der Waals surface area contributed by atoms with Gasteiger partial charge in [-0.15, -0.1) is 0 Å². The van der Waals surface area contributed by atoms with Crippen LogP contribution in [0.4, 0.5) is 17.3 Å². The summed E-state index contributed by atoms with van der Waals surface area (Å²) < 4.78 is 5.92. The van der Waals surface area contributed by atoms with E-state index in [0.717, 1.165) is 28.2 Å². The number of benzene rings is 1. The molecular weight excluding hydrogens is 300 g/mol. The Morgan fingerprint density at radius 1 is 1.21 bits per heavy atom. The van der Waals surface area contributed by atoms with Crippen LogP contribution in [0, 0.1) is 18.3 Å². The molecule has 1 aliphatic rings. The lowest BCUT2D eigenvalue weighted by Crippen LogP contribution is -2.35. The molecule has 0 aliphatic carbocycles. The van der Waals surface area contributed by atoms with Crippen molar-refractivity contribution in [3.05, 3.63) is 46.5 Å². The molecule has 2 heterocycles. The minimum absolute atomic E-state index is 0.273. The number of nitrogens with one attached hydrogen (secondary N) is 3.